The molecule has 0 spiro atoms. The lowest BCUT2D eigenvalue weighted by Crippen LogP contribution is -2.15. The Morgan fingerprint density at radius 3 is 3.18 bits per heavy atom. The molecule has 1 aromatic heterocycles. The van der Waals surface area contributed by atoms with E-state index in [0.717, 1.165) is 5.69 Å². The predicted octanol–water partition coefficient (Wildman–Crippen LogP) is 1.21. The number of fused-ring (bicyclic) bond motifs is 1. The number of nitriles is 1. The number of hydrogen-bond donors (Lipinski definition) is 0. The summed E-state index contributed by atoms with van der Waals surface area (Å²) in [6.07, 6.45) is 7.69. The second-order valence-electron chi connectivity index (χ2n) is 2.43. The molecular weight excluding hydrogens is 138 g/mol. The van der Waals surface area contributed by atoms with Crippen LogP contribution in [0.5, 0.6) is 0 Å². The van der Waals surface area contributed by atoms with Crippen LogP contribution in [0.1, 0.15) is 5.69 Å². The highest BCUT2D eigenvalue weighted by molar-refractivity contribution is 5.32. The van der Waals surface area contributed by atoms with Crippen molar-refractivity contribution in [2.24, 2.45) is 0 Å². The van der Waals surface area contributed by atoms with Gasteiger partial charge in [0, 0.05) is 24.3 Å². The molecule has 0 aromatic carbocycles. The Kier molecular flexibility index (Phi) is 1.19. The molecule has 0 saturated carbocycles. The number of aromatic nitrogens is 1. The van der Waals surface area contributed by atoms with E-state index in [4.69, 9.17) is 5.26 Å². The van der Waals surface area contributed by atoms with E-state index in [1.54, 1.807) is 11.1 Å². The largest absolute Gasteiger partial charge is 0.324 e. The quantitative estimate of drug-likeness (QED) is 0.514. The molecule has 3 nitrogen and oxygen atoms in total. The van der Waals surface area contributed by atoms with Crippen molar-refractivity contribution in [1.82, 2.24) is 9.47 Å². The van der Waals surface area contributed by atoms with Crippen molar-refractivity contribution in [1.29, 1.82) is 5.26 Å². The summed E-state index contributed by atoms with van der Waals surface area (Å²) in [5.74, 6) is 0. The Morgan fingerprint density at radius 2 is 2.36 bits per heavy atom. The molecule has 0 bridgehead atoms. The average Bonchev–Trinajstić information content (AvgIpc) is 2.50. The molecule has 2 heterocycles. The molecule has 0 N–H and O–H groups in total. The van der Waals surface area contributed by atoms with Gasteiger partial charge in [-0.3, -0.25) is 4.90 Å². The minimum atomic E-state index is 0.681. The molecular formula is C8H7N3. The Morgan fingerprint density at radius 1 is 1.45 bits per heavy atom. The second-order valence-corrected chi connectivity index (χ2v) is 2.43. The first-order valence-electron chi connectivity index (χ1n) is 3.40. The first-order chi connectivity index (χ1) is 5.40. The first-order valence-corrected chi connectivity index (χ1v) is 3.40. The highest BCUT2D eigenvalue weighted by atomic mass is 15.2. The van der Waals surface area contributed by atoms with Gasteiger partial charge >= 0.3 is 0 Å². The van der Waals surface area contributed by atoms with Crippen LogP contribution in [0.2, 0.25) is 0 Å². The predicted molar refractivity (Wildman–Crippen MR) is 40.9 cm³/mol. The van der Waals surface area contributed by atoms with Gasteiger partial charge in [0.15, 0.2) is 6.19 Å². The Labute approximate surface area is 64.8 Å². The van der Waals surface area contributed by atoms with Gasteiger partial charge in [0.25, 0.3) is 0 Å². The van der Waals surface area contributed by atoms with E-state index in [1.165, 1.54) is 0 Å². The van der Waals surface area contributed by atoms with Crippen molar-refractivity contribution in [2.75, 3.05) is 0 Å². The highest BCUT2D eigenvalue weighted by Gasteiger charge is 2.07. The van der Waals surface area contributed by atoms with Crippen LogP contribution >= 0.6 is 0 Å². The zero-order valence-corrected chi connectivity index (χ0v) is 5.94. The molecule has 0 atom stereocenters. The van der Waals surface area contributed by atoms with Crippen LogP contribution in [-0.4, -0.2) is 9.47 Å². The number of hydrogen-bond acceptors (Lipinski definition) is 2. The Bertz CT molecular complexity index is 329. The fourth-order valence-corrected chi connectivity index (χ4v) is 1.16. The summed E-state index contributed by atoms with van der Waals surface area (Å²) in [5, 5.41) is 8.57. The van der Waals surface area contributed by atoms with Gasteiger partial charge in [0.05, 0.1) is 6.54 Å². The van der Waals surface area contributed by atoms with Crippen LogP contribution in [0.25, 0.3) is 6.20 Å². The molecule has 1 aliphatic heterocycles. The van der Waals surface area contributed by atoms with E-state index in [-0.39, 0.29) is 0 Å². The molecule has 2 rings (SSSR count). The third-order valence-electron chi connectivity index (χ3n) is 1.73. The molecule has 1 aliphatic rings. The van der Waals surface area contributed by atoms with E-state index in [2.05, 4.69) is 6.19 Å². The molecule has 0 saturated heterocycles. The van der Waals surface area contributed by atoms with Gasteiger partial charge in [-0.1, -0.05) is 0 Å². The van der Waals surface area contributed by atoms with Crippen molar-refractivity contribution in [3.05, 3.63) is 30.2 Å². The average molecular weight is 145 g/mol. The molecule has 3 heteroatoms. The van der Waals surface area contributed by atoms with Gasteiger partial charge in [-0.2, -0.15) is 5.26 Å². The molecule has 11 heavy (non-hydrogen) atoms. The third-order valence-corrected chi connectivity index (χ3v) is 1.73. The summed E-state index contributed by atoms with van der Waals surface area (Å²) in [4.78, 5) is 1.59. The van der Waals surface area contributed by atoms with Crippen LogP contribution in [0.15, 0.2) is 24.5 Å². The highest BCUT2D eigenvalue weighted by Crippen LogP contribution is 2.11. The SMILES string of the molecule is N#CN1C=Cn2cccc2C1. The zero-order valence-electron chi connectivity index (χ0n) is 5.94. The van der Waals surface area contributed by atoms with Gasteiger partial charge in [0.2, 0.25) is 0 Å². The van der Waals surface area contributed by atoms with Gasteiger partial charge in [-0.25, -0.2) is 0 Å². The lowest BCUT2D eigenvalue weighted by Gasteiger charge is -2.16. The fourth-order valence-electron chi connectivity index (χ4n) is 1.16. The Hall–Kier alpha value is -1.69. The maximum atomic E-state index is 8.57. The van der Waals surface area contributed by atoms with Crippen LogP contribution in [0.4, 0.5) is 0 Å². The lowest BCUT2D eigenvalue weighted by molar-refractivity contribution is 0.496. The topological polar surface area (TPSA) is 32.0 Å². The zero-order chi connectivity index (χ0) is 7.68. The van der Waals surface area contributed by atoms with Crippen LogP contribution in [-0.2, 0) is 6.54 Å². The molecule has 0 amide bonds. The van der Waals surface area contributed by atoms with Crippen molar-refractivity contribution < 1.29 is 0 Å². The second kappa shape index (κ2) is 2.17. The van der Waals surface area contributed by atoms with Gasteiger partial charge in [-0.05, 0) is 12.1 Å². The molecule has 0 unspecified atom stereocenters. The maximum Gasteiger partial charge on any atom is 0.184 e. The van der Waals surface area contributed by atoms with Gasteiger partial charge in [-0.15, -0.1) is 0 Å². The third kappa shape index (κ3) is 0.887. The van der Waals surface area contributed by atoms with E-state index in [9.17, 15) is 0 Å². The van der Waals surface area contributed by atoms with Crippen molar-refractivity contribution in [2.45, 2.75) is 6.54 Å². The van der Waals surface area contributed by atoms with E-state index in [0.29, 0.717) is 6.54 Å². The molecule has 0 aliphatic carbocycles. The van der Waals surface area contributed by atoms with E-state index in [1.807, 2.05) is 29.1 Å². The molecule has 54 valence electrons. The molecule has 1 aromatic rings. The van der Waals surface area contributed by atoms with Crippen LogP contribution < -0.4 is 0 Å². The summed E-state index contributed by atoms with van der Waals surface area (Å²) in [5.41, 5.74) is 1.15. The minimum absolute atomic E-state index is 0.681. The fraction of sp³-hybridized carbons (Fsp3) is 0.125. The lowest BCUT2D eigenvalue weighted by atomic mass is 10.4. The van der Waals surface area contributed by atoms with Crippen molar-refractivity contribution in [3.8, 4) is 6.19 Å². The normalized spacial score (nSPS) is 14.3. The summed E-state index contributed by atoms with van der Waals surface area (Å²) < 4.78 is 2.01. The number of nitrogens with zero attached hydrogens (tertiary/aromatic N) is 3. The van der Waals surface area contributed by atoms with Crippen molar-refractivity contribution in [3.63, 3.8) is 0 Å². The summed E-state index contributed by atoms with van der Waals surface area (Å²) in [6, 6.07) is 3.98. The smallest absolute Gasteiger partial charge is 0.184 e. The summed E-state index contributed by atoms with van der Waals surface area (Å²) >= 11 is 0. The maximum absolute atomic E-state index is 8.57. The van der Waals surface area contributed by atoms with Crippen molar-refractivity contribution >= 4 is 6.20 Å². The van der Waals surface area contributed by atoms with Crippen LogP contribution in [0, 0.1) is 11.5 Å². The van der Waals surface area contributed by atoms with Gasteiger partial charge in [0.1, 0.15) is 0 Å². The number of rotatable bonds is 0. The Balaban J connectivity index is 2.37. The summed E-state index contributed by atoms with van der Waals surface area (Å²) in [6.45, 7) is 0.681. The van der Waals surface area contributed by atoms with Crippen LogP contribution in [0.3, 0.4) is 0 Å². The van der Waals surface area contributed by atoms with E-state index < -0.39 is 0 Å². The first kappa shape index (κ1) is 6.05. The van der Waals surface area contributed by atoms with E-state index >= 15 is 0 Å². The standard InChI is InChI=1S/C8H7N3/c9-7-10-4-5-11-3-1-2-8(11)6-10/h1-5H,6H2. The summed E-state index contributed by atoms with van der Waals surface area (Å²) in [7, 11) is 0. The van der Waals surface area contributed by atoms with Gasteiger partial charge < -0.3 is 4.57 Å². The minimum Gasteiger partial charge on any atom is -0.324 e. The molecule has 0 radical (unpaired) electrons. The molecule has 0 fully saturated rings. The monoisotopic (exact) mass is 145 g/mol.